The lowest BCUT2D eigenvalue weighted by molar-refractivity contribution is -0.111. The van der Waals surface area contributed by atoms with Crippen molar-refractivity contribution in [2.24, 2.45) is 11.8 Å². The lowest BCUT2D eigenvalue weighted by Crippen LogP contribution is -2.14. The molecular formula is C13H18O. The second kappa shape index (κ2) is 5.58. The summed E-state index contributed by atoms with van der Waals surface area (Å²) < 4.78 is 0. The van der Waals surface area contributed by atoms with E-state index in [9.17, 15) is 4.79 Å². The van der Waals surface area contributed by atoms with E-state index in [4.69, 9.17) is 0 Å². The SMILES string of the molecule is C=C/C=C(\C=C)C(C=O)C1CCCC1. The first-order valence-corrected chi connectivity index (χ1v) is 5.23. The van der Waals surface area contributed by atoms with E-state index < -0.39 is 0 Å². The molecule has 0 heterocycles. The normalized spacial score (nSPS) is 20.4. The zero-order valence-corrected chi connectivity index (χ0v) is 8.61. The molecule has 0 aromatic carbocycles. The molecule has 1 heteroatoms. The average molecular weight is 190 g/mol. The highest BCUT2D eigenvalue weighted by atomic mass is 16.1. The second-order valence-corrected chi connectivity index (χ2v) is 3.81. The number of carbonyl (C=O) groups excluding carboxylic acids is 1. The quantitative estimate of drug-likeness (QED) is 0.480. The Balaban J connectivity index is 2.76. The van der Waals surface area contributed by atoms with Gasteiger partial charge in [0.15, 0.2) is 0 Å². The van der Waals surface area contributed by atoms with Crippen LogP contribution in [0.25, 0.3) is 0 Å². The van der Waals surface area contributed by atoms with Gasteiger partial charge in [0.2, 0.25) is 0 Å². The van der Waals surface area contributed by atoms with Crippen molar-refractivity contribution in [1.29, 1.82) is 0 Å². The van der Waals surface area contributed by atoms with Gasteiger partial charge in [-0.3, -0.25) is 0 Å². The minimum Gasteiger partial charge on any atom is -0.303 e. The van der Waals surface area contributed by atoms with Gasteiger partial charge in [-0.15, -0.1) is 0 Å². The van der Waals surface area contributed by atoms with Gasteiger partial charge in [0, 0.05) is 5.92 Å². The standard InChI is InChI=1S/C13H18O/c1-3-7-11(4-2)13(10-14)12-8-5-6-9-12/h3-4,7,10,12-13H,1-2,5-6,8-9H2/b11-7+. The topological polar surface area (TPSA) is 17.1 Å². The molecule has 76 valence electrons. The van der Waals surface area contributed by atoms with Crippen LogP contribution in [0.5, 0.6) is 0 Å². The van der Waals surface area contributed by atoms with E-state index in [2.05, 4.69) is 13.2 Å². The number of aldehydes is 1. The van der Waals surface area contributed by atoms with E-state index in [1.807, 2.05) is 6.08 Å². The van der Waals surface area contributed by atoms with Crippen molar-refractivity contribution in [3.8, 4) is 0 Å². The maximum atomic E-state index is 11.0. The minimum atomic E-state index is 0.0352. The highest BCUT2D eigenvalue weighted by Gasteiger charge is 2.25. The molecule has 1 unspecified atom stereocenters. The van der Waals surface area contributed by atoms with Gasteiger partial charge in [-0.2, -0.15) is 0 Å². The summed E-state index contributed by atoms with van der Waals surface area (Å²) in [5.74, 6) is 0.560. The Labute approximate surface area is 86.2 Å². The van der Waals surface area contributed by atoms with Crippen molar-refractivity contribution < 1.29 is 4.79 Å². The third-order valence-corrected chi connectivity index (χ3v) is 2.99. The van der Waals surface area contributed by atoms with E-state index in [1.165, 1.54) is 25.7 Å². The van der Waals surface area contributed by atoms with Gasteiger partial charge in [-0.1, -0.05) is 44.2 Å². The molecule has 0 aliphatic heterocycles. The molecule has 0 saturated heterocycles. The summed E-state index contributed by atoms with van der Waals surface area (Å²) in [5, 5.41) is 0. The van der Waals surface area contributed by atoms with Crippen LogP contribution in [-0.2, 0) is 4.79 Å². The second-order valence-electron chi connectivity index (χ2n) is 3.81. The number of hydrogen-bond donors (Lipinski definition) is 0. The largest absolute Gasteiger partial charge is 0.303 e. The van der Waals surface area contributed by atoms with Crippen LogP contribution in [0, 0.1) is 11.8 Å². The molecule has 1 atom stereocenters. The maximum absolute atomic E-state index is 11.0. The Morgan fingerprint density at radius 1 is 1.29 bits per heavy atom. The van der Waals surface area contributed by atoms with Crippen LogP contribution in [0.1, 0.15) is 25.7 Å². The molecular weight excluding hydrogens is 172 g/mol. The number of rotatable bonds is 5. The maximum Gasteiger partial charge on any atom is 0.127 e. The molecule has 0 amide bonds. The summed E-state index contributed by atoms with van der Waals surface area (Å²) in [7, 11) is 0. The summed E-state index contributed by atoms with van der Waals surface area (Å²) in [6.07, 6.45) is 11.3. The van der Waals surface area contributed by atoms with Crippen molar-refractivity contribution >= 4 is 6.29 Å². The number of carbonyl (C=O) groups is 1. The van der Waals surface area contributed by atoms with Crippen LogP contribution < -0.4 is 0 Å². The summed E-state index contributed by atoms with van der Waals surface area (Å²) in [5.41, 5.74) is 1.02. The molecule has 1 aliphatic rings. The van der Waals surface area contributed by atoms with Crippen LogP contribution in [0.2, 0.25) is 0 Å². The van der Waals surface area contributed by atoms with Gasteiger partial charge in [-0.05, 0) is 24.3 Å². The molecule has 0 spiro atoms. The van der Waals surface area contributed by atoms with Gasteiger partial charge in [0.05, 0.1) is 0 Å². The molecule has 1 fully saturated rings. The summed E-state index contributed by atoms with van der Waals surface area (Å²) in [6, 6.07) is 0. The summed E-state index contributed by atoms with van der Waals surface area (Å²) in [4.78, 5) is 11.0. The molecule has 0 bridgehead atoms. The van der Waals surface area contributed by atoms with Gasteiger partial charge >= 0.3 is 0 Å². The van der Waals surface area contributed by atoms with E-state index in [0.29, 0.717) is 5.92 Å². The van der Waals surface area contributed by atoms with Crippen LogP contribution in [0.4, 0.5) is 0 Å². The van der Waals surface area contributed by atoms with Gasteiger partial charge in [0.1, 0.15) is 6.29 Å². The third kappa shape index (κ3) is 2.44. The van der Waals surface area contributed by atoms with Crippen molar-refractivity contribution in [1.82, 2.24) is 0 Å². The highest BCUT2D eigenvalue weighted by molar-refractivity contribution is 5.61. The van der Waals surface area contributed by atoms with E-state index in [1.54, 1.807) is 12.2 Å². The first kappa shape index (κ1) is 11.0. The van der Waals surface area contributed by atoms with E-state index in [-0.39, 0.29) is 5.92 Å². The fourth-order valence-electron chi connectivity index (χ4n) is 2.23. The zero-order valence-electron chi connectivity index (χ0n) is 8.61. The predicted molar refractivity (Wildman–Crippen MR) is 60.0 cm³/mol. The first-order chi connectivity index (χ1) is 6.83. The minimum absolute atomic E-state index is 0.0352. The number of allylic oxidation sites excluding steroid dienone is 4. The Bertz CT molecular complexity index is 244. The monoisotopic (exact) mass is 190 g/mol. The molecule has 1 nitrogen and oxygen atoms in total. The Hall–Kier alpha value is -1.11. The smallest absolute Gasteiger partial charge is 0.127 e. The highest BCUT2D eigenvalue weighted by Crippen LogP contribution is 2.34. The Kier molecular flexibility index (Phi) is 4.37. The fourth-order valence-corrected chi connectivity index (χ4v) is 2.23. The fraction of sp³-hybridized carbons (Fsp3) is 0.462. The van der Waals surface area contributed by atoms with E-state index in [0.717, 1.165) is 11.9 Å². The molecule has 14 heavy (non-hydrogen) atoms. The van der Waals surface area contributed by atoms with Gasteiger partial charge < -0.3 is 4.79 Å². The Morgan fingerprint density at radius 3 is 2.36 bits per heavy atom. The van der Waals surface area contributed by atoms with Gasteiger partial charge in [-0.25, -0.2) is 0 Å². The van der Waals surface area contributed by atoms with Crippen LogP contribution in [0.15, 0.2) is 37.0 Å². The lowest BCUT2D eigenvalue weighted by Gasteiger charge is -2.18. The molecule has 0 aromatic heterocycles. The van der Waals surface area contributed by atoms with Crippen LogP contribution >= 0.6 is 0 Å². The predicted octanol–water partition coefficient (Wildman–Crippen LogP) is 3.29. The zero-order chi connectivity index (χ0) is 10.4. The van der Waals surface area contributed by atoms with Crippen LogP contribution in [0.3, 0.4) is 0 Å². The molecule has 0 radical (unpaired) electrons. The number of hydrogen-bond acceptors (Lipinski definition) is 1. The molecule has 1 saturated carbocycles. The van der Waals surface area contributed by atoms with Gasteiger partial charge in [0.25, 0.3) is 0 Å². The summed E-state index contributed by atoms with van der Waals surface area (Å²) in [6.45, 7) is 7.40. The van der Waals surface area contributed by atoms with E-state index >= 15 is 0 Å². The Morgan fingerprint density at radius 2 is 1.93 bits per heavy atom. The van der Waals surface area contributed by atoms with Crippen molar-refractivity contribution in [2.45, 2.75) is 25.7 Å². The first-order valence-electron chi connectivity index (χ1n) is 5.23. The molecule has 0 N–H and O–H groups in total. The average Bonchev–Trinajstić information content (AvgIpc) is 2.71. The van der Waals surface area contributed by atoms with Crippen molar-refractivity contribution in [3.63, 3.8) is 0 Å². The van der Waals surface area contributed by atoms with Crippen molar-refractivity contribution in [3.05, 3.63) is 37.0 Å². The van der Waals surface area contributed by atoms with Crippen LogP contribution in [-0.4, -0.2) is 6.29 Å². The molecule has 1 rings (SSSR count). The molecule has 1 aliphatic carbocycles. The summed E-state index contributed by atoms with van der Waals surface area (Å²) >= 11 is 0. The van der Waals surface area contributed by atoms with Crippen molar-refractivity contribution in [2.75, 3.05) is 0 Å². The third-order valence-electron chi connectivity index (χ3n) is 2.99. The lowest BCUT2D eigenvalue weighted by atomic mass is 9.85. The molecule has 0 aromatic rings.